The highest BCUT2D eigenvalue weighted by Crippen LogP contribution is 2.40. The number of hydrogen-bond donors (Lipinski definition) is 4. The Hall–Kier alpha value is -3.60. The number of carbonyl (C=O) groups is 3. The van der Waals surface area contributed by atoms with Crippen LogP contribution in [-0.4, -0.2) is 53.8 Å². The number of phenols is 1. The fraction of sp³-hybridized carbons (Fsp3) is 0.385. The van der Waals surface area contributed by atoms with Crippen LogP contribution in [0.5, 0.6) is 11.5 Å². The number of fused-ring (bicyclic) bond motifs is 1. The Morgan fingerprint density at radius 3 is 2.46 bits per heavy atom. The number of phenolic OH excluding ortho intramolecular Hbond substituents is 1. The molecule has 11 heteroatoms. The Labute approximate surface area is 226 Å². The average Bonchev–Trinajstić information content (AvgIpc) is 3.10. The summed E-state index contributed by atoms with van der Waals surface area (Å²) in [7, 11) is 1.52. The van der Waals surface area contributed by atoms with E-state index in [2.05, 4.69) is 5.32 Å². The number of benzene rings is 2. The number of halogens is 1. The number of amides is 2. The largest absolute Gasteiger partial charge is 0.508 e. The minimum atomic E-state index is -0.989. The van der Waals surface area contributed by atoms with E-state index < -0.39 is 17.6 Å². The van der Waals surface area contributed by atoms with Crippen molar-refractivity contribution in [3.63, 3.8) is 0 Å². The molecular formula is C26H33BrN4O6. The van der Waals surface area contributed by atoms with Gasteiger partial charge in [0.2, 0.25) is 0 Å². The molecule has 1 aliphatic heterocycles. The maximum atomic E-state index is 13.2. The molecule has 0 saturated carbocycles. The zero-order valence-corrected chi connectivity index (χ0v) is 23.2. The molecule has 10 nitrogen and oxygen atoms in total. The van der Waals surface area contributed by atoms with Gasteiger partial charge in [0.1, 0.15) is 23.4 Å². The van der Waals surface area contributed by atoms with Crippen LogP contribution in [0.2, 0.25) is 0 Å². The van der Waals surface area contributed by atoms with Crippen LogP contribution in [0.3, 0.4) is 0 Å². The number of Topliss-reactive ketones (excluding diaryl/α,β-unsaturated/α-hetero) is 1. The first kappa shape index (κ1) is 29.6. The number of nitrogens with zero attached hydrogens (tertiary/aromatic N) is 1. The average molecular weight is 577 g/mol. The Bertz CT molecular complexity index is 1220. The molecule has 1 aliphatic rings. The van der Waals surface area contributed by atoms with E-state index in [-0.39, 0.29) is 57.9 Å². The van der Waals surface area contributed by atoms with E-state index >= 15 is 0 Å². The van der Waals surface area contributed by atoms with Gasteiger partial charge in [0, 0.05) is 35.7 Å². The second-order valence-electron chi connectivity index (χ2n) is 9.60. The van der Waals surface area contributed by atoms with Crippen molar-refractivity contribution < 1.29 is 29.0 Å². The zero-order valence-electron chi connectivity index (χ0n) is 21.5. The van der Waals surface area contributed by atoms with Gasteiger partial charge in [-0.15, -0.1) is 17.0 Å². The van der Waals surface area contributed by atoms with Gasteiger partial charge in [0.05, 0.1) is 18.7 Å². The fourth-order valence-electron chi connectivity index (χ4n) is 4.18. The number of nitrogens with one attached hydrogen (secondary N) is 2. The summed E-state index contributed by atoms with van der Waals surface area (Å²) >= 11 is 0. The summed E-state index contributed by atoms with van der Waals surface area (Å²) in [6.45, 7) is 7.85. The van der Waals surface area contributed by atoms with Crippen LogP contribution in [-0.2, 0) is 11.3 Å². The molecule has 0 aromatic heterocycles. The van der Waals surface area contributed by atoms with Crippen molar-refractivity contribution in [2.45, 2.75) is 40.3 Å². The Morgan fingerprint density at radius 2 is 1.89 bits per heavy atom. The second kappa shape index (κ2) is 11.6. The van der Waals surface area contributed by atoms with E-state index in [9.17, 15) is 19.5 Å². The molecule has 0 aliphatic carbocycles. The third-order valence-electron chi connectivity index (χ3n) is 5.90. The molecule has 0 saturated heterocycles. The van der Waals surface area contributed by atoms with Crippen molar-refractivity contribution in [3.8, 4) is 11.5 Å². The lowest BCUT2D eigenvalue weighted by molar-refractivity contribution is 0.0344. The van der Waals surface area contributed by atoms with Gasteiger partial charge in [-0.05, 0) is 42.8 Å². The monoisotopic (exact) mass is 576 g/mol. The van der Waals surface area contributed by atoms with Gasteiger partial charge in [0.25, 0.3) is 5.91 Å². The minimum Gasteiger partial charge on any atom is -0.508 e. The van der Waals surface area contributed by atoms with Crippen LogP contribution in [0, 0.1) is 10.8 Å². The van der Waals surface area contributed by atoms with Gasteiger partial charge in [0.15, 0.2) is 5.78 Å². The van der Waals surface area contributed by atoms with Gasteiger partial charge >= 0.3 is 6.09 Å². The third-order valence-corrected chi connectivity index (χ3v) is 5.90. The van der Waals surface area contributed by atoms with E-state index in [1.807, 2.05) is 27.7 Å². The topological polar surface area (TPSA) is 155 Å². The van der Waals surface area contributed by atoms with Crippen molar-refractivity contribution in [2.24, 2.45) is 11.1 Å². The van der Waals surface area contributed by atoms with Gasteiger partial charge < -0.3 is 30.5 Å². The summed E-state index contributed by atoms with van der Waals surface area (Å²) in [5.74, 6) is -0.208. The first-order valence-corrected chi connectivity index (χ1v) is 11.5. The van der Waals surface area contributed by atoms with Crippen LogP contribution in [0.4, 0.5) is 4.79 Å². The third kappa shape index (κ3) is 6.40. The fourth-order valence-corrected chi connectivity index (χ4v) is 4.18. The maximum absolute atomic E-state index is 13.2. The summed E-state index contributed by atoms with van der Waals surface area (Å²) in [5.41, 5.74) is 6.84. The van der Waals surface area contributed by atoms with Crippen LogP contribution >= 0.6 is 17.0 Å². The van der Waals surface area contributed by atoms with Crippen LogP contribution in [0.15, 0.2) is 30.3 Å². The quantitative estimate of drug-likeness (QED) is 0.347. The molecular weight excluding hydrogens is 544 g/mol. The van der Waals surface area contributed by atoms with Crippen molar-refractivity contribution in [1.29, 1.82) is 5.41 Å². The summed E-state index contributed by atoms with van der Waals surface area (Å²) in [6.07, 6.45) is -1.87. The molecule has 3 rings (SSSR count). The number of primary amides is 1. The number of aromatic hydroxyl groups is 1. The number of rotatable bonds is 8. The van der Waals surface area contributed by atoms with Crippen LogP contribution < -0.4 is 15.8 Å². The van der Waals surface area contributed by atoms with Crippen molar-refractivity contribution in [3.05, 3.63) is 58.1 Å². The molecule has 2 aromatic carbocycles. The molecule has 0 radical (unpaired) electrons. The Kier molecular flexibility index (Phi) is 9.32. The number of hydrogen-bond acceptors (Lipinski definition) is 7. The molecule has 1 atom stereocenters. The Balaban J connectivity index is 0.00000481. The van der Waals surface area contributed by atoms with Gasteiger partial charge in [-0.1, -0.05) is 20.8 Å². The molecule has 2 amide bonds. The first-order chi connectivity index (χ1) is 16.9. The highest BCUT2D eigenvalue weighted by Gasteiger charge is 2.33. The maximum Gasteiger partial charge on any atom is 0.405 e. The standard InChI is InChI=1S/C26H32N4O6.BrH/c1-6-35-21-10-15-12-30(23(27)16(15)11-18(21)24(33)29-5)13-20(32)14-7-8-19(31)17(9-14)22(26(2,3)4)36-25(28)34;/h7-11,22,27,31H,6,12-13H2,1-5H3,(H2,28,34)(H,29,33);1H. The molecule has 0 bridgehead atoms. The lowest BCUT2D eigenvalue weighted by atomic mass is 9.83. The van der Waals surface area contributed by atoms with E-state index in [0.717, 1.165) is 5.56 Å². The number of ether oxygens (including phenoxy) is 2. The van der Waals surface area contributed by atoms with E-state index in [0.29, 0.717) is 30.0 Å². The van der Waals surface area contributed by atoms with Crippen LogP contribution in [0.1, 0.15) is 71.2 Å². The zero-order chi connectivity index (χ0) is 26.8. The predicted octanol–water partition coefficient (Wildman–Crippen LogP) is 3.93. The first-order valence-electron chi connectivity index (χ1n) is 11.5. The second-order valence-corrected chi connectivity index (χ2v) is 9.60. The van der Waals surface area contributed by atoms with Crippen molar-refractivity contribution in [1.82, 2.24) is 10.2 Å². The predicted molar refractivity (Wildman–Crippen MR) is 144 cm³/mol. The molecule has 2 aromatic rings. The van der Waals surface area contributed by atoms with E-state index in [4.69, 9.17) is 20.6 Å². The smallest absolute Gasteiger partial charge is 0.405 e. The highest BCUT2D eigenvalue weighted by atomic mass is 79.9. The SMILES string of the molecule is Br.CCOc1cc2c(cc1C(=O)NC)C(=N)N(CC(=O)c1ccc(O)c(C(OC(N)=O)C(C)(C)C)c1)C2. The number of nitrogens with two attached hydrogens (primary N) is 1. The molecule has 37 heavy (non-hydrogen) atoms. The molecule has 0 spiro atoms. The van der Waals surface area contributed by atoms with Gasteiger partial charge in [-0.3, -0.25) is 15.0 Å². The molecule has 0 fully saturated rings. The minimum absolute atomic E-state index is 0. The molecule has 5 N–H and O–H groups in total. The number of amidine groups is 1. The summed E-state index contributed by atoms with van der Waals surface area (Å²) < 4.78 is 10.9. The lowest BCUT2D eigenvalue weighted by Gasteiger charge is -2.30. The van der Waals surface area contributed by atoms with Gasteiger partial charge in [-0.25, -0.2) is 4.79 Å². The normalized spacial score (nSPS) is 13.3. The van der Waals surface area contributed by atoms with E-state index in [1.165, 1.54) is 25.2 Å². The molecule has 1 heterocycles. The molecule has 200 valence electrons. The Morgan fingerprint density at radius 1 is 1.22 bits per heavy atom. The van der Waals surface area contributed by atoms with Crippen molar-refractivity contribution >= 4 is 40.6 Å². The van der Waals surface area contributed by atoms with Crippen LogP contribution in [0.25, 0.3) is 0 Å². The summed E-state index contributed by atoms with van der Waals surface area (Å²) in [6, 6.07) is 7.69. The van der Waals surface area contributed by atoms with Crippen molar-refractivity contribution in [2.75, 3.05) is 20.2 Å². The number of carbonyl (C=O) groups excluding carboxylic acids is 3. The lowest BCUT2D eigenvalue weighted by Crippen LogP contribution is -2.30. The highest BCUT2D eigenvalue weighted by molar-refractivity contribution is 8.93. The number of ketones is 1. The van der Waals surface area contributed by atoms with E-state index in [1.54, 1.807) is 17.0 Å². The summed E-state index contributed by atoms with van der Waals surface area (Å²) in [4.78, 5) is 38.6. The molecule has 1 unspecified atom stereocenters. The van der Waals surface area contributed by atoms with Gasteiger partial charge in [-0.2, -0.15) is 0 Å². The summed E-state index contributed by atoms with van der Waals surface area (Å²) in [5, 5.41) is 21.6.